The van der Waals surface area contributed by atoms with Crippen LogP contribution < -0.4 is 11.1 Å². The number of rotatable bonds is 6. The van der Waals surface area contributed by atoms with E-state index < -0.39 is 6.04 Å². The van der Waals surface area contributed by atoms with Crippen LogP contribution in [0.3, 0.4) is 0 Å². The van der Waals surface area contributed by atoms with Crippen LogP contribution in [0.4, 0.5) is 5.82 Å². The lowest BCUT2D eigenvalue weighted by atomic mass is 10.3. The normalized spacial score (nSPS) is 11.1. The Labute approximate surface area is 147 Å². The number of halogens is 2. The molecule has 0 aliphatic heterocycles. The minimum Gasteiger partial charge on any atom is -0.383 e. The Morgan fingerprint density at radius 3 is 2.78 bits per heavy atom. The van der Waals surface area contributed by atoms with Crippen LogP contribution in [0, 0.1) is 6.92 Å². The first-order valence-corrected chi connectivity index (χ1v) is 6.60. The standard InChI is InChI=1S/C14H19N5O2.2ClH/c1-10-7-13(17-14(20)12(15)9-21-2)19(18-10)8-11-5-3-4-6-16-11;;/h3-7,12H,8-9,15H2,1-2H3,(H,17,20);2*1H. The molecule has 0 fully saturated rings. The van der Waals surface area contributed by atoms with Crippen LogP contribution in [-0.4, -0.2) is 40.4 Å². The number of nitrogens with one attached hydrogen (secondary N) is 1. The topological polar surface area (TPSA) is 95.1 Å². The smallest absolute Gasteiger partial charge is 0.244 e. The van der Waals surface area contributed by atoms with Crippen molar-refractivity contribution >= 4 is 36.5 Å². The van der Waals surface area contributed by atoms with Crippen LogP contribution in [0.25, 0.3) is 0 Å². The number of carbonyl (C=O) groups excluding carboxylic acids is 1. The maximum Gasteiger partial charge on any atom is 0.244 e. The lowest BCUT2D eigenvalue weighted by Gasteiger charge is -2.12. The van der Waals surface area contributed by atoms with E-state index in [4.69, 9.17) is 10.5 Å². The molecule has 0 saturated carbocycles. The molecule has 23 heavy (non-hydrogen) atoms. The van der Waals surface area contributed by atoms with Gasteiger partial charge in [-0.3, -0.25) is 9.78 Å². The third-order valence-corrected chi connectivity index (χ3v) is 2.87. The molecular weight excluding hydrogens is 341 g/mol. The number of anilines is 1. The number of aromatic nitrogens is 3. The zero-order valence-electron chi connectivity index (χ0n) is 12.9. The highest BCUT2D eigenvalue weighted by atomic mass is 35.5. The SMILES string of the molecule is COCC(N)C(=O)Nc1cc(C)nn1Cc1ccccn1.Cl.Cl. The highest BCUT2D eigenvalue weighted by molar-refractivity contribution is 5.94. The molecule has 3 N–H and O–H groups in total. The van der Waals surface area contributed by atoms with Crippen molar-refractivity contribution in [1.82, 2.24) is 14.8 Å². The summed E-state index contributed by atoms with van der Waals surface area (Å²) in [5, 5.41) is 7.12. The molecule has 0 aromatic carbocycles. The zero-order chi connectivity index (χ0) is 15.2. The van der Waals surface area contributed by atoms with Crippen molar-refractivity contribution in [2.45, 2.75) is 19.5 Å². The van der Waals surface area contributed by atoms with Crippen LogP contribution in [0.5, 0.6) is 0 Å². The predicted octanol–water partition coefficient (Wildman–Crippen LogP) is 1.39. The van der Waals surface area contributed by atoms with Crippen molar-refractivity contribution in [3.05, 3.63) is 41.9 Å². The number of nitrogens with two attached hydrogens (primary N) is 1. The predicted molar refractivity (Wildman–Crippen MR) is 93.3 cm³/mol. The third-order valence-electron chi connectivity index (χ3n) is 2.87. The minimum atomic E-state index is -0.714. The fraction of sp³-hybridized carbons (Fsp3) is 0.357. The average molecular weight is 362 g/mol. The van der Waals surface area contributed by atoms with Gasteiger partial charge >= 0.3 is 0 Å². The van der Waals surface area contributed by atoms with Gasteiger partial charge in [0, 0.05) is 19.4 Å². The van der Waals surface area contributed by atoms with Crippen LogP contribution in [0.1, 0.15) is 11.4 Å². The number of hydrogen-bond acceptors (Lipinski definition) is 5. The molecular formula is C14H21Cl2N5O2. The molecule has 0 bridgehead atoms. The van der Waals surface area contributed by atoms with Crippen molar-refractivity contribution < 1.29 is 9.53 Å². The fourth-order valence-corrected chi connectivity index (χ4v) is 1.89. The summed E-state index contributed by atoms with van der Waals surface area (Å²) in [6.07, 6.45) is 1.72. The maximum atomic E-state index is 11.9. The number of nitrogens with zero attached hydrogens (tertiary/aromatic N) is 3. The van der Waals surface area contributed by atoms with Crippen LogP contribution in [0.15, 0.2) is 30.5 Å². The average Bonchev–Trinajstić information content (AvgIpc) is 2.80. The van der Waals surface area contributed by atoms with Gasteiger partial charge in [-0.25, -0.2) is 4.68 Å². The lowest BCUT2D eigenvalue weighted by molar-refractivity contribution is -0.118. The second-order valence-corrected chi connectivity index (χ2v) is 4.70. The van der Waals surface area contributed by atoms with Gasteiger partial charge in [0.1, 0.15) is 11.9 Å². The van der Waals surface area contributed by atoms with E-state index in [1.54, 1.807) is 16.9 Å². The summed E-state index contributed by atoms with van der Waals surface area (Å²) >= 11 is 0. The zero-order valence-corrected chi connectivity index (χ0v) is 14.6. The van der Waals surface area contributed by atoms with E-state index in [0.29, 0.717) is 12.4 Å². The van der Waals surface area contributed by atoms with Crippen molar-refractivity contribution in [3.63, 3.8) is 0 Å². The quantitative estimate of drug-likeness (QED) is 0.810. The summed E-state index contributed by atoms with van der Waals surface area (Å²) in [6, 6.07) is 6.74. The first-order chi connectivity index (χ1) is 10.1. The van der Waals surface area contributed by atoms with Crippen molar-refractivity contribution in [1.29, 1.82) is 0 Å². The summed E-state index contributed by atoms with van der Waals surface area (Å²) < 4.78 is 6.56. The molecule has 9 heteroatoms. The molecule has 2 rings (SSSR count). The van der Waals surface area contributed by atoms with Crippen molar-refractivity contribution in [3.8, 4) is 0 Å². The van der Waals surface area contributed by atoms with Crippen LogP contribution in [-0.2, 0) is 16.1 Å². The first kappa shape index (κ1) is 21.3. The van der Waals surface area contributed by atoms with E-state index in [2.05, 4.69) is 15.4 Å². The molecule has 0 radical (unpaired) electrons. The first-order valence-electron chi connectivity index (χ1n) is 6.60. The third kappa shape index (κ3) is 6.15. The summed E-state index contributed by atoms with van der Waals surface area (Å²) in [5.41, 5.74) is 7.37. The molecule has 0 aliphatic carbocycles. The van der Waals surface area contributed by atoms with E-state index in [-0.39, 0.29) is 37.3 Å². The van der Waals surface area contributed by atoms with Gasteiger partial charge in [-0.2, -0.15) is 5.10 Å². The number of amides is 1. The van der Waals surface area contributed by atoms with Crippen LogP contribution in [0.2, 0.25) is 0 Å². The monoisotopic (exact) mass is 361 g/mol. The minimum absolute atomic E-state index is 0. The van der Waals surface area contributed by atoms with Gasteiger partial charge in [-0.05, 0) is 19.1 Å². The number of ether oxygens (including phenoxy) is 1. The molecule has 2 heterocycles. The Morgan fingerprint density at radius 2 is 2.17 bits per heavy atom. The number of methoxy groups -OCH3 is 1. The summed E-state index contributed by atoms with van der Waals surface area (Å²) in [6.45, 7) is 2.50. The molecule has 0 spiro atoms. The Balaban J connectivity index is 0.00000242. The van der Waals surface area contributed by atoms with Gasteiger partial charge in [0.25, 0.3) is 0 Å². The highest BCUT2D eigenvalue weighted by Crippen LogP contribution is 2.12. The lowest BCUT2D eigenvalue weighted by Crippen LogP contribution is -2.39. The fourth-order valence-electron chi connectivity index (χ4n) is 1.89. The van der Waals surface area contributed by atoms with E-state index >= 15 is 0 Å². The summed E-state index contributed by atoms with van der Waals surface area (Å²) in [5.74, 6) is 0.286. The second kappa shape index (κ2) is 10.2. The Hall–Kier alpha value is -1.67. The highest BCUT2D eigenvalue weighted by Gasteiger charge is 2.16. The summed E-state index contributed by atoms with van der Waals surface area (Å²) in [4.78, 5) is 16.2. The summed E-state index contributed by atoms with van der Waals surface area (Å²) in [7, 11) is 1.50. The molecule has 128 valence electrons. The molecule has 0 aliphatic rings. The number of pyridine rings is 1. The molecule has 1 atom stereocenters. The maximum absolute atomic E-state index is 11.9. The van der Waals surface area contributed by atoms with E-state index in [1.807, 2.05) is 25.1 Å². The van der Waals surface area contributed by atoms with E-state index in [0.717, 1.165) is 11.4 Å². The Morgan fingerprint density at radius 1 is 1.43 bits per heavy atom. The molecule has 1 amide bonds. The molecule has 2 aromatic heterocycles. The number of aryl methyl sites for hydroxylation is 1. The molecule has 0 saturated heterocycles. The Bertz CT molecular complexity index is 606. The number of hydrogen-bond donors (Lipinski definition) is 2. The van der Waals surface area contributed by atoms with Gasteiger partial charge in [0.2, 0.25) is 5.91 Å². The van der Waals surface area contributed by atoms with E-state index in [9.17, 15) is 4.79 Å². The van der Waals surface area contributed by atoms with Gasteiger partial charge < -0.3 is 15.8 Å². The van der Waals surface area contributed by atoms with Gasteiger partial charge in [-0.1, -0.05) is 6.07 Å². The van der Waals surface area contributed by atoms with Crippen molar-refractivity contribution in [2.24, 2.45) is 5.73 Å². The second-order valence-electron chi connectivity index (χ2n) is 4.70. The molecule has 7 nitrogen and oxygen atoms in total. The van der Waals surface area contributed by atoms with Gasteiger partial charge in [-0.15, -0.1) is 24.8 Å². The largest absolute Gasteiger partial charge is 0.383 e. The number of carbonyl (C=O) groups is 1. The van der Waals surface area contributed by atoms with Gasteiger partial charge in [0.05, 0.1) is 24.5 Å². The van der Waals surface area contributed by atoms with E-state index in [1.165, 1.54) is 7.11 Å². The van der Waals surface area contributed by atoms with Crippen LogP contribution >= 0.6 is 24.8 Å². The molecule has 1 unspecified atom stereocenters. The molecule has 2 aromatic rings. The Kier molecular flexibility index (Phi) is 9.43. The van der Waals surface area contributed by atoms with Gasteiger partial charge in [0.15, 0.2) is 0 Å². The van der Waals surface area contributed by atoms with Crippen molar-refractivity contribution in [2.75, 3.05) is 19.0 Å².